The van der Waals surface area contributed by atoms with Crippen LogP contribution in [-0.4, -0.2) is 38.4 Å². The van der Waals surface area contributed by atoms with Gasteiger partial charge in [0.1, 0.15) is 17.3 Å². The smallest absolute Gasteiger partial charge is 0.242 e. The summed E-state index contributed by atoms with van der Waals surface area (Å²) in [5.74, 6) is 1.07. The van der Waals surface area contributed by atoms with E-state index < -0.39 is 10.0 Å². The van der Waals surface area contributed by atoms with E-state index >= 15 is 0 Å². The Bertz CT molecular complexity index is 1090. The predicted molar refractivity (Wildman–Crippen MR) is 116 cm³/mol. The molecular formula is C20H19Cl2N3O4S. The zero-order valence-corrected chi connectivity index (χ0v) is 18.3. The second kappa shape index (κ2) is 10.1. The van der Waals surface area contributed by atoms with E-state index in [9.17, 15) is 8.42 Å². The maximum Gasteiger partial charge on any atom is 0.242 e. The molecule has 0 aliphatic rings. The molecule has 1 N–H and O–H groups in total. The first kappa shape index (κ1) is 22.3. The van der Waals surface area contributed by atoms with E-state index in [4.69, 9.17) is 32.7 Å². The van der Waals surface area contributed by atoms with Crippen molar-refractivity contribution in [1.82, 2.24) is 14.9 Å². The molecule has 2 aromatic carbocycles. The average molecular weight is 468 g/mol. The van der Waals surface area contributed by atoms with Crippen LogP contribution in [0, 0.1) is 0 Å². The van der Waals surface area contributed by atoms with Crippen LogP contribution in [0.2, 0.25) is 10.0 Å². The Balaban J connectivity index is 1.53. The van der Waals surface area contributed by atoms with Gasteiger partial charge in [0.25, 0.3) is 0 Å². The van der Waals surface area contributed by atoms with Crippen molar-refractivity contribution in [2.75, 3.05) is 19.8 Å². The van der Waals surface area contributed by atoms with Crippen LogP contribution in [0.4, 0.5) is 0 Å². The van der Waals surface area contributed by atoms with Crippen molar-refractivity contribution in [2.24, 2.45) is 0 Å². The highest BCUT2D eigenvalue weighted by atomic mass is 35.5. The van der Waals surface area contributed by atoms with Gasteiger partial charge in [0.05, 0.1) is 17.3 Å². The number of benzene rings is 2. The molecule has 30 heavy (non-hydrogen) atoms. The van der Waals surface area contributed by atoms with Crippen LogP contribution >= 0.6 is 23.2 Å². The highest BCUT2D eigenvalue weighted by molar-refractivity contribution is 7.89. The van der Waals surface area contributed by atoms with Crippen molar-refractivity contribution in [1.29, 1.82) is 0 Å². The maximum atomic E-state index is 12.3. The average Bonchev–Trinajstić information content (AvgIpc) is 2.74. The molecular weight excluding hydrogens is 449 g/mol. The predicted octanol–water partition coefficient (Wildman–Crippen LogP) is 4.21. The third-order valence-corrected chi connectivity index (χ3v) is 6.11. The Labute approximate surface area is 185 Å². The lowest BCUT2D eigenvalue weighted by atomic mass is 10.1. The second-order valence-corrected chi connectivity index (χ2v) is 8.61. The third-order valence-electron chi connectivity index (χ3n) is 3.93. The van der Waals surface area contributed by atoms with Gasteiger partial charge in [-0.3, -0.25) is 0 Å². The van der Waals surface area contributed by atoms with Crippen LogP contribution < -0.4 is 14.2 Å². The molecule has 158 valence electrons. The number of rotatable bonds is 9. The van der Waals surface area contributed by atoms with Crippen LogP contribution in [0.5, 0.6) is 11.6 Å². The molecule has 0 fully saturated rings. The van der Waals surface area contributed by atoms with Gasteiger partial charge in [-0.15, -0.1) is 10.2 Å². The van der Waals surface area contributed by atoms with E-state index in [-0.39, 0.29) is 34.0 Å². The number of ether oxygens (including phenoxy) is 2. The van der Waals surface area contributed by atoms with Crippen molar-refractivity contribution in [3.8, 4) is 22.9 Å². The number of hydrogen-bond donors (Lipinski definition) is 1. The van der Waals surface area contributed by atoms with Crippen LogP contribution in [0.1, 0.15) is 6.92 Å². The van der Waals surface area contributed by atoms with E-state index in [1.807, 2.05) is 31.2 Å². The minimum atomic E-state index is -3.81. The van der Waals surface area contributed by atoms with Gasteiger partial charge in [-0.2, -0.15) is 0 Å². The fourth-order valence-electron chi connectivity index (χ4n) is 2.53. The molecule has 0 atom stereocenters. The summed E-state index contributed by atoms with van der Waals surface area (Å²) >= 11 is 11.8. The topological polar surface area (TPSA) is 90.4 Å². The number of nitrogens with zero attached hydrogens (tertiary/aromatic N) is 2. The molecule has 0 radical (unpaired) electrons. The summed E-state index contributed by atoms with van der Waals surface area (Å²) in [6, 6.07) is 15.2. The van der Waals surface area contributed by atoms with Gasteiger partial charge in [-0.1, -0.05) is 23.2 Å². The fraction of sp³-hybridized carbons (Fsp3) is 0.200. The Kier molecular flexibility index (Phi) is 7.49. The summed E-state index contributed by atoms with van der Waals surface area (Å²) in [6.45, 7) is 2.62. The minimum absolute atomic E-state index is 0.0213. The Morgan fingerprint density at radius 1 is 0.967 bits per heavy atom. The summed E-state index contributed by atoms with van der Waals surface area (Å²) in [5.41, 5.74) is 1.57. The first-order valence-corrected chi connectivity index (χ1v) is 11.3. The quantitative estimate of drug-likeness (QED) is 0.474. The first-order valence-electron chi connectivity index (χ1n) is 9.03. The molecule has 7 nitrogen and oxygen atoms in total. The number of hydrogen-bond acceptors (Lipinski definition) is 6. The van der Waals surface area contributed by atoms with Gasteiger partial charge >= 0.3 is 0 Å². The molecule has 3 aromatic rings. The van der Waals surface area contributed by atoms with Crippen molar-refractivity contribution in [2.45, 2.75) is 11.8 Å². The Morgan fingerprint density at radius 3 is 2.40 bits per heavy atom. The van der Waals surface area contributed by atoms with E-state index in [0.29, 0.717) is 12.3 Å². The zero-order chi connectivity index (χ0) is 21.6. The molecule has 0 amide bonds. The van der Waals surface area contributed by atoms with Gasteiger partial charge in [-0.05, 0) is 55.5 Å². The lowest BCUT2D eigenvalue weighted by Gasteiger charge is -2.09. The highest BCUT2D eigenvalue weighted by Crippen LogP contribution is 2.25. The first-order chi connectivity index (χ1) is 14.4. The highest BCUT2D eigenvalue weighted by Gasteiger charge is 2.18. The van der Waals surface area contributed by atoms with E-state index in [1.165, 1.54) is 18.2 Å². The van der Waals surface area contributed by atoms with Gasteiger partial charge in [0, 0.05) is 23.2 Å². The van der Waals surface area contributed by atoms with Crippen molar-refractivity contribution in [3.05, 3.63) is 64.6 Å². The molecule has 0 saturated heterocycles. The van der Waals surface area contributed by atoms with Crippen molar-refractivity contribution >= 4 is 33.2 Å². The fourth-order valence-corrected chi connectivity index (χ4v) is 4.31. The van der Waals surface area contributed by atoms with Crippen LogP contribution in [0.25, 0.3) is 11.3 Å². The maximum absolute atomic E-state index is 12.3. The van der Waals surface area contributed by atoms with Gasteiger partial charge in [0.2, 0.25) is 15.9 Å². The van der Waals surface area contributed by atoms with Crippen LogP contribution in [0.15, 0.2) is 59.5 Å². The molecule has 10 heteroatoms. The van der Waals surface area contributed by atoms with E-state index in [1.54, 1.807) is 12.1 Å². The van der Waals surface area contributed by atoms with Gasteiger partial charge in [-0.25, -0.2) is 13.1 Å². The van der Waals surface area contributed by atoms with E-state index in [0.717, 1.165) is 11.3 Å². The molecule has 0 bridgehead atoms. The summed E-state index contributed by atoms with van der Waals surface area (Å²) in [5, 5.41) is 8.51. The molecule has 0 unspecified atom stereocenters. The lowest BCUT2D eigenvalue weighted by molar-refractivity contribution is 0.307. The third kappa shape index (κ3) is 5.82. The normalized spacial score (nSPS) is 11.3. The van der Waals surface area contributed by atoms with Crippen molar-refractivity contribution in [3.63, 3.8) is 0 Å². The van der Waals surface area contributed by atoms with Crippen LogP contribution in [-0.2, 0) is 10.0 Å². The van der Waals surface area contributed by atoms with Gasteiger partial charge in [0.15, 0.2) is 0 Å². The van der Waals surface area contributed by atoms with E-state index in [2.05, 4.69) is 14.9 Å². The number of sulfonamides is 1. The monoisotopic (exact) mass is 467 g/mol. The lowest BCUT2D eigenvalue weighted by Crippen LogP contribution is -2.28. The largest absolute Gasteiger partial charge is 0.494 e. The number of nitrogens with one attached hydrogen (secondary N) is 1. The summed E-state index contributed by atoms with van der Waals surface area (Å²) in [7, 11) is -3.81. The van der Waals surface area contributed by atoms with Crippen molar-refractivity contribution < 1.29 is 17.9 Å². The second-order valence-electron chi connectivity index (χ2n) is 6.04. The molecule has 1 heterocycles. The minimum Gasteiger partial charge on any atom is -0.494 e. The van der Waals surface area contributed by atoms with Gasteiger partial charge < -0.3 is 9.47 Å². The SMILES string of the molecule is CCOc1ccc(-c2ccc(OCCNS(=O)(=O)c3cc(Cl)ccc3Cl)nn2)cc1. The standard InChI is InChI=1S/C20H19Cl2N3O4S/c1-2-28-16-6-3-14(4-7-16)18-9-10-20(25-24-18)29-12-11-23-30(26,27)19-13-15(21)5-8-17(19)22/h3-10,13,23H,2,11-12H2,1H3. The van der Waals surface area contributed by atoms with Crippen LogP contribution in [0.3, 0.4) is 0 Å². The molecule has 3 rings (SSSR count). The molecule has 0 aliphatic carbocycles. The number of aromatic nitrogens is 2. The molecule has 1 aromatic heterocycles. The zero-order valence-electron chi connectivity index (χ0n) is 16.0. The molecule has 0 aliphatic heterocycles. The Morgan fingerprint density at radius 2 is 1.73 bits per heavy atom. The summed E-state index contributed by atoms with van der Waals surface area (Å²) in [4.78, 5) is -0.0869. The number of halogens is 2. The summed E-state index contributed by atoms with van der Waals surface area (Å²) in [6.07, 6.45) is 0. The molecule has 0 spiro atoms. The Hall–Kier alpha value is -2.39. The molecule has 0 saturated carbocycles. The summed E-state index contributed by atoms with van der Waals surface area (Å²) < 4.78 is 38.0.